The van der Waals surface area contributed by atoms with E-state index in [1.807, 2.05) is 0 Å². The van der Waals surface area contributed by atoms with Gasteiger partial charge in [-0.1, -0.05) is 38.5 Å². The minimum absolute atomic E-state index is 0.106. The highest BCUT2D eigenvalue weighted by atomic mass is 16.1. The number of carbonyl (C=O) groups excluding carboxylic acids is 2. The van der Waals surface area contributed by atoms with E-state index in [4.69, 9.17) is 0 Å². The summed E-state index contributed by atoms with van der Waals surface area (Å²) < 4.78 is 0. The first-order valence-corrected chi connectivity index (χ1v) is 8.27. The highest BCUT2D eigenvalue weighted by Gasteiger charge is 2.21. The number of ketones is 2. The zero-order valence-corrected chi connectivity index (χ0v) is 14.0. The van der Waals surface area contributed by atoms with Gasteiger partial charge in [-0.3, -0.25) is 9.59 Å². The summed E-state index contributed by atoms with van der Waals surface area (Å²) in [6, 6.07) is 0. The first kappa shape index (κ1) is 17.9. The van der Waals surface area contributed by atoms with E-state index in [0.29, 0.717) is 24.7 Å². The number of carbonyl (C=O) groups is 2. The SMILES string of the molecule is C/C1=C\CCC(C)CC(=O)/C=C/CC(=O)C(C(C)C)CC1. The molecule has 1 aliphatic carbocycles. The van der Waals surface area contributed by atoms with Gasteiger partial charge in [0.1, 0.15) is 5.78 Å². The van der Waals surface area contributed by atoms with Crippen LogP contribution < -0.4 is 0 Å². The lowest BCUT2D eigenvalue weighted by molar-refractivity contribution is -0.123. The van der Waals surface area contributed by atoms with Gasteiger partial charge in [-0.25, -0.2) is 0 Å². The normalized spacial score (nSPS) is 30.6. The Morgan fingerprint density at radius 2 is 1.90 bits per heavy atom. The molecular formula is C19H30O2. The van der Waals surface area contributed by atoms with Crippen molar-refractivity contribution in [1.82, 2.24) is 0 Å². The Kier molecular flexibility index (Phi) is 7.63. The number of rotatable bonds is 1. The van der Waals surface area contributed by atoms with Crippen LogP contribution >= 0.6 is 0 Å². The molecule has 2 atom stereocenters. The van der Waals surface area contributed by atoms with E-state index in [2.05, 4.69) is 33.8 Å². The third-order valence-corrected chi connectivity index (χ3v) is 4.39. The highest BCUT2D eigenvalue weighted by Crippen LogP contribution is 2.23. The molecule has 2 nitrogen and oxygen atoms in total. The summed E-state index contributed by atoms with van der Waals surface area (Å²) in [5, 5.41) is 0. The van der Waals surface area contributed by atoms with Crippen LogP contribution in [0, 0.1) is 17.8 Å². The maximum Gasteiger partial charge on any atom is 0.155 e. The average Bonchev–Trinajstić information content (AvgIpc) is 2.37. The van der Waals surface area contributed by atoms with Gasteiger partial charge in [0.05, 0.1) is 0 Å². The lowest BCUT2D eigenvalue weighted by atomic mass is 9.84. The highest BCUT2D eigenvalue weighted by molar-refractivity contribution is 5.91. The molecule has 21 heavy (non-hydrogen) atoms. The van der Waals surface area contributed by atoms with Gasteiger partial charge in [-0.2, -0.15) is 0 Å². The van der Waals surface area contributed by atoms with Crippen LogP contribution in [0.1, 0.15) is 66.2 Å². The predicted octanol–water partition coefficient (Wildman–Crippen LogP) is 4.89. The smallest absolute Gasteiger partial charge is 0.155 e. The quantitative estimate of drug-likeness (QED) is 0.644. The van der Waals surface area contributed by atoms with Gasteiger partial charge in [0.15, 0.2) is 5.78 Å². The lowest BCUT2D eigenvalue weighted by Gasteiger charge is -2.19. The Hall–Kier alpha value is -1.18. The second kappa shape index (κ2) is 8.96. The summed E-state index contributed by atoms with van der Waals surface area (Å²) in [6.45, 7) is 8.51. The van der Waals surface area contributed by atoms with Crippen LogP contribution in [-0.4, -0.2) is 11.6 Å². The number of Topliss-reactive ketones (excluding diaryl/α,β-unsaturated/α-hetero) is 1. The molecule has 0 aromatic carbocycles. The Balaban J connectivity index is 2.81. The molecule has 118 valence electrons. The lowest BCUT2D eigenvalue weighted by Crippen LogP contribution is -2.20. The minimum Gasteiger partial charge on any atom is -0.299 e. The van der Waals surface area contributed by atoms with Gasteiger partial charge in [-0.15, -0.1) is 0 Å². The molecule has 0 saturated heterocycles. The summed E-state index contributed by atoms with van der Waals surface area (Å²) in [4.78, 5) is 24.2. The first-order chi connectivity index (χ1) is 9.90. The Morgan fingerprint density at radius 1 is 1.19 bits per heavy atom. The van der Waals surface area contributed by atoms with Crippen molar-refractivity contribution in [2.45, 2.75) is 66.2 Å². The first-order valence-electron chi connectivity index (χ1n) is 8.27. The predicted molar refractivity (Wildman–Crippen MR) is 88.1 cm³/mol. The molecule has 0 aromatic rings. The molecule has 0 amide bonds. The molecule has 0 N–H and O–H groups in total. The number of hydrogen-bond donors (Lipinski definition) is 0. The Bertz CT molecular complexity index is 415. The fourth-order valence-corrected chi connectivity index (χ4v) is 2.94. The summed E-state index contributed by atoms with van der Waals surface area (Å²) in [7, 11) is 0. The summed E-state index contributed by atoms with van der Waals surface area (Å²) in [6.07, 6.45) is 10.7. The van der Waals surface area contributed by atoms with E-state index in [1.165, 1.54) is 5.57 Å². The van der Waals surface area contributed by atoms with Crippen LogP contribution in [-0.2, 0) is 9.59 Å². The van der Waals surface area contributed by atoms with Crippen LogP contribution in [0.3, 0.4) is 0 Å². The molecule has 2 unspecified atom stereocenters. The number of hydrogen-bond acceptors (Lipinski definition) is 2. The monoisotopic (exact) mass is 290 g/mol. The van der Waals surface area contributed by atoms with Gasteiger partial charge < -0.3 is 0 Å². The molecule has 0 heterocycles. The van der Waals surface area contributed by atoms with Gasteiger partial charge in [0.25, 0.3) is 0 Å². The van der Waals surface area contributed by atoms with Crippen LogP contribution in [0.5, 0.6) is 0 Å². The average molecular weight is 290 g/mol. The molecule has 0 saturated carbocycles. The van der Waals surface area contributed by atoms with Crippen molar-refractivity contribution in [3.63, 3.8) is 0 Å². The molecular weight excluding hydrogens is 260 g/mol. The van der Waals surface area contributed by atoms with E-state index in [1.54, 1.807) is 12.2 Å². The molecule has 1 rings (SSSR count). The maximum absolute atomic E-state index is 12.3. The fraction of sp³-hybridized carbons (Fsp3) is 0.684. The second-order valence-corrected chi connectivity index (χ2v) is 6.87. The molecule has 0 fully saturated rings. The number of allylic oxidation sites excluding steroid dienone is 4. The largest absolute Gasteiger partial charge is 0.299 e. The van der Waals surface area contributed by atoms with Gasteiger partial charge in [-0.05, 0) is 50.5 Å². The molecule has 0 radical (unpaired) electrons. The topological polar surface area (TPSA) is 34.1 Å². The zero-order chi connectivity index (χ0) is 15.8. The third kappa shape index (κ3) is 6.88. The van der Waals surface area contributed by atoms with Gasteiger partial charge in [0.2, 0.25) is 0 Å². The van der Waals surface area contributed by atoms with Crippen molar-refractivity contribution < 1.29 is 9.59 Å². The second-order valence-electron chi connectivity index (χ2n) is 6.87. The van der Waals surface area contributed by atoms with Crippen LogP contribution in [0.4, 0.5) is 0 Å². The standard InChI is InChI=1S/C19H30O2/c1-14(2)18-12-11-15(3)7-5-8-16(4)13-17(20)9-6-10-19(18)21/h6-7,9,14,16,18H,5,8,10-13H2,1-4H3/b9-6+,15-7+. The molecule has 0 bridgehead atoms. The fourth-order valence-electron chi connectivity index (χ4n) is 2.94. The van der Waals surface area contributed by atoms with Gasteiger partial charge >= 0.3 is 0 Å². The van der Waals surface area contributed by atoms with E-state index in [9.17, 15) is 9.59 Å². The third-order valence-electron chi connectivity index (χ3n) is 4.39. The van der Waals surface area contributed by atoms with Crippen molar-refractivity contribution in [2.75, 3.05) is 0 Å². The van der Waals surface area contributed by atoms with E-state index in [0.717, 1.165) is 25.7 Å². The molecule has 2 heteroatoms. The van der Waals surface area contributed by atoms with Crippen molar-refractivity contribution in [1.29, 1.82) is 0 Å². The van der Waals surface area contributed by atoms with Crippen LogP contribution in [0.2, 0.25) is 0 Å². The summed E-state index contributed by atoms with van der Waals surface area (Å²) in [5.74, 6) is 1.30. The Labute approximate surface area is 129 Å². The Morgan fingerprint density at radius 3 is 2.57 bits per heavy atom. The molecule has 0 aliphatic heterocycles. The summed E-state index contributed by atoms with van der Waals surface area (Å²) in [5.41, 5.74) is 1.37. The molecule has 1 aliphatic rings. The van der Waals surface area contributed by atoms with Crippen LogP contribution in [0.25, 0.3) is 0 Å². The van der Waals surface area contributed by atoms with Crippen LogP contribution in [0.15, 0.2) is 23.8 Å². The maximum atomic E-state index is 12.3. The van der Waals surface area contributed by atoms with Crippen molar-refractivity contribution in [2.24, 2.45) is 17.8 Å². The van der Waals surface area contributed by atoms with E-state index in [-0.39, 0.29) is 17.5 Å². The molecule has 0 aromatic heterocycles. The van der Waals surface area contributed by atoms with Crippen molar-refractivity contribution >= 4 is 11.6 Å². The van der Waals surface area contributed by atoms with Crippen molar-refractivity contribution in [3.05, 3.63) is 23.8 Å². The van der Waals surface area contributed by atoms with E-state index < -0.39 is 0 Å². The zero-order valence-electron chi connectivity index (χ0n) is 14.0. The minimum atomic E-state index is 0.106. The molecule has 0 spiro atoms. The van der Waals surface area contributed by atoms with Crippen molar-refractivity contribution in [3.8, 4) is 0 Å². The van der Waals surface area contributed by atoms with Gasteiger partial charge in [0, 0.05) is 18.8 Å². The summed E-state index contributed by atoms with van der Waals surface area (Å²) >= 11 is 0. The van der Waals surface area contributed by atoms with E-state index >= 15 is 0 Å².